The maximum Gasteiger partial charge on any atom is 0.239 e. The molecule has 0 saturated carbocycles. The molecular formula is C12H18N2O2. The highest BCUT2D eigenvalue weighted by atomic mass is 16.3. The van der Waals surface area contributed by atoms with Crippen LogP contribution < -0.4 is 5.73 Å². The number of amides is 1. The molecule has 16 heavy (non-hydrogen) atoms. The van der Waals surface area contributed by atoms with Gasteiger partial charge in [0.2, 0.25) is 5.91 Å². The van der Waals surface area contributed by atoms with E-state index in [4.69, 9.17) is 10.8 Å². The van der Waals surface area contributed by atoms with E-state index in [0.29, 0.717) is 13.1 Å². The Morgan fingerprint density at radius 1 is 1.44 bits per heavy atom. The maximum absolute atomic E-state index is 11.5. The lowest BCUT2D eigenvalue weighted by atomic mass is 10.0. The third-order valence-corrected chi connectivity index (χ3v) is 2.54. The number of aliphatic hydroxyl groups is 1. The van der Waals surface area contributed by atoms with Crippen molar-refractivity contribution in [3.63, 3.8) is 0 Å². The largest absolute Gasteiger partial charge is 0.395 e. The first kappa shape index (κ1) is 12.7. The summed E-state index contributed by atoms with van der Waals surface area (Å²) in [6, 6.07) is 8.92. The summed E-state index contributed by atoms with van der Waals surface area (Å²) in [5.41, 5.74) is 6.28. The van der Waals surface area contributed by atoms with Gasteiger partial charge in [-0.2, -0.15) is 0 Å². The van der Waals surface area contributed by atoms with E-state index in [1.165, 1.54) is 0 Å². The smallest absolute Gasteiger partial charge is 0.239 e. The summed E-state index contributed by atoms with van der Waals surface area (Å²) in [7, 11) is 0. The van der Waals surface area contributed by atoms with Crippen molar-refractivity contribution < 1.29 is 9.90 Å². The lowest BCUT2D eigenvalue weighted by Gasteiger charge is -2.27. The Morgan fingerprint density at radius 3 is 2.50 bits per heavy atom. The van der Waals surface area contributed by atoms with Gasteiger partial charge in [0, 0.05) is 6.54 Å². The van der Waals surface area contributed by atoms with Crippen molar-refractivity contribution in [1.82, 2.24) is 4.90 Å². The molecule has 0 heterocycles. The van der Waals surface area contributed by atoms with Crippen LogP contribution in [0.15, 0.2) is 30.3 Å². The molecule has 1 atom stereocenters. The molecule has 0 radical (unpaired) electrons. The summed E-state index contributed by atoms with van der Waals surface area (Å²) < 4.78 is 0. The molecule has 88 valence electrons. The van der Waals surface area contributed by atoms with Crippen LogP contribution in [0.3, 0.4) is 0 Å². The Morgan fingerprint density at radius 2 is 2.06 bits per heavy atom. The van der Waals surface area contributed by atoms with E-state index in [0.717, 1.165) is 5.56 Å². The lowest BCUT2D eigenvalue weighted by molar-refractivity contribution is -0.123. The minimum absolute atomic E-state index is 0.0183. The number of aliphatic hydroxyl groups excluding tert-OH is 1. The van der Waals surface area contributed by atoms with Gasteiger partial charge >= 0.3 is 0 Å². The van der Waals surface area contributed by atoms with Crippen molar-refractivity contribution >= 4 is 5.91 Å². The summed E-state index contributed by atoms with van der Waals surface area (Å²) in [6.45, 7) is 3.07. The molecule has 1 unspecified atom stereocenters. The zero-order chi connectivity index (χ0) is 12.0. The molecule has 0 spiro atoms. The molecule has 0 aliphatic heterocycles. The molecule has 0 saturated heterocycles. The van der Waals surface area contributed by atoms with Gasteiger partial charge in [-0.15, -0.1) is 0 Å². The van der Waals surface area contributed by atoms with Crippen LogP contribution in [0.25, 0.3) is 0 Å². The van der Waals surface area contributed by atoms with Gasteiger partial charge in [-0.3, -0.25) is 9.69 Å². The lowest BCUT2D eigenvalue weighted by Crippen LogP contribution is -2.39. The first-order valence-electron chi connectivity index (χ1n) is 5.39. The van der Waals surface area contributed by atoms with E-state index in [9.17, 15) is 4.79 Å². The second-order valence-electron chi connectivity index (χ2n) is 3.57. The third kappa shape index (κ3) is 3.05. The van der Waals surface area contributed by atoms with Crippen molar-refractivity contribution in [3.8, 4) is 0 Å². The molecule has 1 rings (SSSR count). The SMILES string of the molecule is CCN(CCO)C(C(N)=O)c1ccccc1. The fourth-order valence-corrected chi connectivity index (χ4v) is 1.79. The zero-order valence-electron chi connectivity index (χ0n) is 9.47. The average Bonchev–Trinajstić information content (AvgIpc) is 2.29. The maximum atomic E-state index is 11.5. The normalized spacial score (nSPS) is 12.7. The van der Waals surface area contributed by atoms with E-state index in [1.807, 2.05) is 42.2 Å². The van der Waals surface area contributed by atoms with Gasteiger partial charge in [0.1, 0.15) is 6.04 Å². The van der Waals surface area contributed by atoms with Gasteiger partial charge in [0.25, 0.3) is 0 Å². The van der Waals surface area contributed by atoms with Crippen LogP contribution in [0.5, 0.6) is 0 Å². The van der Waals surface area contributed by atoms with E-state index in [-0.39, 0.29) is 12.5 Å². The Balaban J connectivity index is 2.94. The van der Waals surface area contributed by atoms with Crippen molar-refractivity contribution in [3.05, 3.63) is 35.9 Å². The monoisotopic (exact) mass is 222 g/mol. The van der Waals surface area contributed by atoms with Gasteiger partial charge in [-0.25, -0.2) is 0 Å². The van der Waals surface area contributed by atoms with E-state index in [1.54, 1.807) is 0 Å². The number of benzene rings is 1. The van der Waals surface area contributed by atoms with Gasteiger partial charge < -0.3 is 10.8 Å². The van der Waals surface area contributed by atoms with Crippen LogP contribution in [0, 0.1) is 0 Å². The first-order chi connectivity index (χ1) is 7.70. The predicted octanol–water partition coefficient (Wildman–Crippen LogP) is 0.527. The molecule has 1 aromatic carbocycles. The highest BCUT2D eigenvalue weighted by Crippen LogP contribution is 2.19. The predicted molar refractivity (Wildman–Crippen MR) is 62.7 cm³/mol. The molecule has 0 fully saturated rings. The number of nitrogens with two attached hydrogens (primary N) is 1. The molecule has 0 aliphatic rings. The molecule has 4 heteroatoms. The van der Waals surface area contributed by atoms with Gasteiger partial charge in [-0.05, 0) is 12.1 Å². The number of primary amides is 1. The van der Waals surface area contributed by atoms with Crippen LogP contribution >= 0.6 is 0 Å². The average molecular weight is 222 g/mol. The Labute approximate surface area is 95.7 Å². The molecule has 0 bridgehead atoms. The fraction of sp³-hybridized carbons (Fsp3) is 0.417. The van der Waals surface area contributed by atoms with Gasteiger partial charge in [-0.1, -0.05) is 37.3 Å². The van der Waals surface area contributed by atoms with Crippen LogP contribution in [-0.2, 0) is 4.79 Å². The molecule has 0 aliphatic carbocycles. The highest BCUT2D eigenvalue weighted by Gasteiger charge is 2.23. The van der Waals surface area contributed by atoms with E-state index >= 15 is 0 Å². The quantitative estimate of drug-likeness (QED) is 0.737. The second-order valence-corrected chi connectivity index (χ2v) is 3.57. The standard InChI is InChI=1S/C12H18N2O2/c1-2-14(8-9-15)11(12(13)16)10-6-4-3-5-7-10/h3-7,11,15H,2,8-9H2,1H3,(H2,13,16). The van der Waals surface area contributed by atoms with Crippen molar-refractivity contribution in [2.24, 2.45) is 5.73 Å². The van der Waals surface area contributed by atoms with E-state index < -0.39 is 6.04 Å². The minimum Gasteiger partial charge on any atom is -0.395 e. The summed E-state index contributed by atoms with van der Waals surface area (Å²) in [5.74, 6) is -0.387. The Hall–Kier alpha value is -1.39. The fourth-order valence-electron chi connectivity index (χ4n) is 1.79. The van der Waals surface area contributed by atoms with Crippen LogP contribution in [0.1, 0.15) is 18.5 Å². The molecule has 4 nitrogen and oxygen atoms in total. The van der Waals surface area contributed by atoms with Crippen LogP contribution in [0.2, 0.25) is 0 Å². The summed E-state index contributed by atoms with van der Waals surface area (Å²) in [6.07, 6.45) is 0. The first-order valence-corrected chi connectivity index (χ1v) is 5.39. The van der Waals surface area contributed by atoms with Crippen molar-refractivity contribution in [2.45, 2.75) is 13.0 Å². The summed E-state index contributed by atoms with van der Waals surface area (Å²) in [4.78, 5) is 13.3. The van der Waals surface area contributed by atoms with E-state index in [2.05, 4.69) is 0 Å². The van der Waals surface area contributed by atoms with Gasteiger partial charge in [0.15, 0.2) is 0 Å². The number of carbonyl (C=O) groups excluding carboxylic acids is 1. The van der Waals surface area contributed by atoms with Crippen LogP contribution in [-0.4, -0.2) is 35.6 Å². The molecule has 0 aromatic heterocycles. The Bertz CT molecular complexity index is 327. The molecular weight excluding hydrogens is 204 g/mol. The number of hydrogen-bond donors (Lipinski definition) is 2. The van der Waals surface area contributed by atoms with Crippen LogP contribution in [0.4, 0.5) is 0 Å². The second kappa shape index (κ2) is 6.25. The van der Waals surface area contributed by atoms with Crippen molar-refractivity contribution in [2.75, 3.05) is 19.7 Å². The molecule has 1 amide bonds. The summed E-state index contributed by atoms with van der Waals surface area (Å²) in [5, 5.41) is 8.95. The third-order valence-electron chi connectivity index (χ3n) is 2.54. The molecule has 1 aromatic rings. The number of hydrogen-bond acceptors (Lipinski definition) is 3. The number of carbonyl (C=O) groups is 1. The summed E-state index contributed by atoms with van der Waals surface area (Å²) >= 11 is 0. The number of likely N-dealkylation sites (N-methyl/N-ethyl adjacent to an activating group) is 1. The Kier molecular flexibility index (Phi) is 4.95. The minimum atomic E-state index is -0.460. The topological polar surface area (TPSA) is 66.6 Å². The van der Waals surface area contributed by atoms with Gasteiger partial charge in [0.05, 0.1) is 6.61 Å². The van der Waals surface area contributed by atoms with Crippen molar-refractivity contribution in [1.29, 1.82) is 0 Å². The zero-order valence-corrected chi connectivity index (χ0v) is 9.47. The molecule has 3 N–H and O–H groups in total. The number of rotatable bonds is 6. The number of nitrogens with zero attached hydrogens (tertiary/aromatic N) is 1. The highest BCUT2D eigenvalue weighted by molar-refractivity contribution is 5.81.